The van der Waals surface area contributed by atoms with Crippen LogP contribution in [0.4, 0.5) is 0 Å². The highest BCUT2D eigenvalue weighted by atomic mass is 32.1. The molecule has 8 heteroatoms. The molecule has 0 amide bonds. The zero-order chi connectivity index (χ0) is 88.0. The molecule has 0 bridgehead atoms. The van der Waals surface area contributed by atoms with Gasteiger partial charge in [0.05, 0.1) is 0 Å². The van der Waals surface area contributed by atoms with E-state index in [0.29, 0.717) is 0 Å². The highest BCUT2D eigenvalue weighted by Gasteiger charge is 2.54. The van der Waals surface area contributed by atoms with Crippen LogP contribution in [0.25, 0.3) is 125 Å². The van der Waals surface area contributed by atoms with Crippen LogP contribution in [0.5, 0.6) is 0 Å². The van der Waals surface area contributed by atoms with E-state index in [4.69, 9.17) is 0 Å². The van der Waals surface area contributed by atoms with E-state index in [9.17, 15) is 0 Å². The zero-order valence-corrected chi connectivity index (χ0v) is 80.8. The van der Waals surface area contributed by atoms with Gasteiger partial charge in [0.25, 0.3) is 0 Å². The minimum Gasteiger partial charge on any atom is -0.135 e. The van der Waals surface area contributed by atoms with Crippen LogP contribution in [-0.4, -0.2) is 32.3 Å². The summed E-state index contributed by atoms with van der Waals surface area (Å²) in [5, 5.41) is 34.9. The Morgan fingerprint density at radius 3 is 0.818 bits per heavy atom. The van der Waals surface area contributed by atoms with E-state index in [1.165, 1.54) is 230 Å². The summed E-state index contributed by atoms with van der Waals surface area (Å²) in [4.78, 5) is 0. The molecule has 0 saturated heterocycles. The molecule has 4 aliphatic heterocycles. The number of benzene rings is 20. The third kappa shape index (κ3) is 11.9. The molecule has 0 aliphatic carbocycles. The van der Waals surface area contributed by atoms with Crippen molar-refractivity contribution in [2.24, 2.45) is 0 Å². The average molecular weight is 1820 g/mol. The molecule has 0 fully saturated rings. The number of hydrogen-bond acceptors (Lipinski definition) is 4. The van der Waals surface area contributed by atoms with Gasteiger partial charge in [0.2, 0.25) is 0 Å². The van der Waals surface area contributed by atoms with Gasteiger partial charge in [-0.2, -0.15) is 0 Å². The van der Waals surface area contributed by atoms with E-state index < -0.39 is 32.3 Å². The summed E-state index contributed by atoms with van der Waals surface area (Å²) in [7, 11) is -9.60. The highest BCUT2D eigenvalue weighted by Crippen LogP contribution is 2.48. The Bertz CT molecular complexity index is 8370. The maximum Gasteiger partial charge on any atom is 0.180 e. The number of aryl methyl sites for hydroxylation is 4. The number of fused-ring (bicyclic) bond motifs is 28. The largest absolute Gasteiger partial charge is 0.180 e. The molecule has 20 aromatic carbocycles. The molecule has 4 aromatic heterocycles. The predicted octanol–water partition coefficient (Wildman–Crippen LogP) is 22.9. The van der Waals surface area contributed by atoms with Crippen LogP contribution in [0.3, 0.4) is 0 Å². The summed E-state index contributed by atoms with van der Waals surface area (Å²) >= 11 is 7.83. The van der Waals surface area contributed by atoms with Crippen LogP contribution in [0.1, 0.15) is 22.3 Å². The second kappa shape index (κ2) is 32.0. The van der Waals surface area contributed by atoms with Crippen molar-refractivity contribution in [1.82, 2.24) is 0 Å². The third-order valence-corrected chi connectivity index (χ3v) is 53.4. The second-order valence-corrected chi connectivity index (χ2v) is 55.0. The first-order chi connectivity index (χ1) is 65.1. The zero-order valence-electron chi connectivity index (χ0n) is 73.5. The fourth-order valence-electron chi connectivity index (χ4n) is 23.5. The van der Waals surface area contributed by atoms with Gasteiger partial charge < -0.3 is 0 Å². The van der Waals surface area contributed by atoms with Crippen molar-refractivity contribution < 1.29 is 0 Å². The van der Waals surface area contributed by atoms with E-state index in [0.717, 1.165) is 0 Å². The van der Waals surface area contributed by atoms with Gasteiger partial charge in [-0.3, -0.25) is 0 Å². The number of hydrogen-bond donors (Lipinski definition) is 0. The smallest absolute Gasteiger partial charge is 0.135 e. The van der Waals surface area contributed by atoms with Crippen molar-refractivity contribution in [3.8, 4) is 44.5 Å². The average Bonchev–Trinajstić information content (AvgIpc) is 1.54. The summed E-state index contributed by atoms with van der Waals surface area (Å²) in [6.07, 6.45) is 0. The van der Waals surface area contributed by atoms with E-state index in [1.807, 2.05) is 45.3 Å². The molecule has 0 nitrogen and oxygen atoms in total. The lowest BCUT2D eigenvalue weighted by molar-refractivity contribution is 1.49. The lowest BCUT2D eigenvalue weighted by atomic mass is 10.0. The number of thiophene rings is 4. The second-order valence-electron chi connectivity index (χ2n) is 35.9. The van der Waals surface area contributed by atoms with Gasteiger partial charge in [0.1, 0.15) is 0 Å². The van der Waals surface area contributed by atoms with Crippen LogP contribution in [0, 0.1) is 27.7 Å². The normalized spacial score (nSPS) is 13.8. The van der Waals surface area contributed by atoms with Gasteiger partial charge in [-0.25, -0.2) is 0 Å². The van der Waals surface area contributed by atoms with Gasteiger partial charge in [-0.15, -0.1) is 45.3 Å². The standard InChI is InChI=1S/4C31H22SSi/c1-21-11-10-17-24-25-19-20-28-29(31(25)32-30(21)24)26-16-8-9-18-27(26)33(28,22-12-4-2-5-13-22)23-14-6-3-7-15-23;1-21-16-18-27-26(20-21)24-17-19-29-30(31(24)32-27)25-14-8-9-15-28(25)33(29,22-10-4-2-5-11-22)23-12-6-3-7-13-23;1-21-16-18-28-26(20-21)30-29(19-17-25-24-14-8-9-15-27(24)32-31(25)30)33(28,22-10-4-2-5-11-22)23-12-6-3-7-13-23;1-21-16-17-24-25-18-19-29-30(31(25)32-27(24)20-21)26-14-8-9-15-28(26)33(29,22-10-4-2-5-11-22)23-12-6-3-7-13-23/h4*2-20H,1H3. The van der Waals surface area contributed by atoms with Crippen LogP contribution >= 0.6 is 45.3 Å². The highest BCUT2D eigenvalue weighted by molar-refractivity contribution is 7.31. The van der Waals surface area contributed by atoms with Gasteiger partial charge in [0, 0.05) is 80.7 Å². The van der Waals surface area contributed by atoms with Crippen LogP contribution < -0.4 is 83.0 Å². The molecule has 624 valence electrons. The Morgan fingerprint density at radius 1 is 0.152 bits per heavy atom. The molecular formula is C124H88S4Si4. The molecule has 132 heavy (non-hydrogen) atoms. The first-order valence-corrected chi connectivity index (χ1v) is 57.1. The lowest BCUT2D eigenvalue weighted by Gasteiger charge is -2.31. The van der Waals surface area contributed by atoms with Crippen LogP contribution in [0.15, 0.2) is 461 Å². The topological polar surface area (TPSA) is 0 Å². The summed E-state index contributed by atoms with van der Waals surface area (Å²) < 4.78 is 11.3. The Kier molecular flexibility index (Phi) is 19.5. The maximum atomic E-state index is 2.46. The Morgan fingerprint density at radius 2 is 0.409 bits per heavy atom. The van der Waals surface area contributed by atoms with Gasteiger partial charge in [-0.05, 0) is 191 Å². The summed E-state index contributed by atoms with van der Waals surface area (Å²) in [5.41, 5.74) is 16.9. The van der Waals surface area contributed by atoms with E-state index in [2.05, 4.69) is 489 Å². The number of rotatable bonds is 8. The van der Waals surface area contributed by atoms with Crippen molar-refractivity contribution in [2.75, 3.05) is 0 Å². The summed E-state index contributed by atoms with van der Waals surface area (Å²) in [6.45, 7) is 8.83. The molecule has 28 rings (SSSR count). The monoisotopic (exact) mass is 1820 g/mol. The third-order valence-electron chi connectivity index (χ3n) is 28.9. The molecule has 0 spiro atoms. The first-order valence-electron chi connectivity index (χ1n) is 45.8. The quantitative estimate of drug-likeness (QED) is 0.133. The Hall–Kier alpha value is -13.9. The van der Waals surface area contributed by atoms with Crippen molar-refractivity contribution in [3.63, 3.8) is 0 Å². The van der Waals surface area contributed by atoms with E-state index >= 15 is 0 Å². The van der Waals surface area contributed by atoms with Crippen LogP contribution in [0.2, 0.25) is 0 Å². The molecule has 8 heterocycles. The van der Waals surface area contributed by atoms with Crippen LogP contribution in [-0.2, 0) is 0 Å². The SMILES string of the molecule is Cc1ccc2c(c1)-c1c(ccc3c1sc1ccccc13)[Si]2(c1ccccc1)c1ccccc1.Cc1ccc2c(c1)sc1c3c(ccc12)[Si](c1ccccc1)(c1ccccc1)c1ccccc1-3.Cc1ccc2sc3c4c(ccc3c2c1)[Si](c1ccccc1)(c1ccccc1)c1ccccc1-4.Cc1cccc2c1sc1c3c(ccc12)[Si](c1ccccc1)(c1ccccc1)c1ccccc1-3. The molecule has 0 radical (unpaired) electrons. The molecule has 0 N–H and O–H groups in total. The van der Waals surface area contributed by atoms with Crippen molar-refractivity contribution in [2.45, 2.75) is 27.7 Å². The maximum absolute atomic E-state index is 2.46. The van der Waals surface area contributed by atoms with Crippen molar-refractivity contribution >= 4 is 241 Å². The Labute approximate surface area is 789 Å². The summed E-state index contributed by atoms with van der Waals surface area (Å²) in [5.74, 6) is 0. The predicted molar refractivity (Wildman–Crippen MR) is 587 cm³/mol. The molecule has 4 aliphatic rings. The van der Waals surface area contributed by atoms with E-state index in [1.54, 1.807) is 0 Å². The van der Waals surface area contributed by atoms with Gasteiger partial charge in [0.15, 0.2) is 32.3 Å². The summed E-state index contributed by atoms with van der Waals surface area (Å²) in [6, 6.07) is 173. The molecule has 0 unspecified atom stereocenters. The molecule has 24 aromatic rings. The van der Waals surface area contributed by atoms with E-state index in [-0.39, 0.29) is 0 Å². The van der Waals surface area contributed by atoms with Gasteiger partial charge in [-0.1, -0.05) is 448 Å². The van der Waals surface area contributed by atoms with Crippen molar-refractivity contribution in [1.29, 1.82) is 0 Å². The minimum atomic E-state index is -2.41. The lowest BCUT2D eigenvalue weighted by Crippen LogP contribution is -2.72. The van der Waals surface area contributed by atoms with Crippen molar-refractivity contribution in [3.05, 3.63) is 483 Å². The molecule has 0 saturated carbocycles. The Balaban J connectivity index is 0.0000000945. The minimum absolute atomic E-state index is 1.32. The first kappa shape index (κ1) is 80.2. The molecule has 0 atom stereocenters. The fraction of sp³-hybridized carbons (Fsp3) is 0.0323. The fourth-order valence-corrected chi connectivity index (χ4v) is 49.8. The van der Waals surface area contributed by atoms with Gasteiger partial charge >= 0.3 is 0 Å². The molecular weight excluding hydrogens is 1730 g/mol.